The zero-order valence-electron chi connectivity index (χ0n) is 14.7. The normalized spacial score (nSPS) is 16.5. The van der Waals surface area contributed by atoms with Crippen molar-refractivity contribution in [1.29, 1.82) is 0 Å². The lowest BCUT2D eigenvalue weighted by Gasteiger charge is -2.29. The first-order valence-electron chi connectivity index (χ1n) is 8.63. The van der Waals surface area contributed by atoms with Crippen LogP contribution in [0.5, 0.6) is 11.5 Å². The van der Waals surface area contributed by atoms with Gasteiger partial charge in [-0.2, -0.15) is 4.40 Å². The molecule has 0 saturated heterocycles. The summed E-state index contributed by atoms with van der Waals surface area (Å²) in [5, 5.41) is 0. The number of nitrogens with zero attached hydrogens (tertiary/aromatic N) is 2. The fourth-order valence-corrected chi connectivity index (χ4v) is 3.65. The highest BCUT2D eigenvalue weighted by Gasteiger charge is 2.24. The molecule has 3 nitrogen and oxygen atoms in total. The van der Waals surface area contributed by atoms with Crippen LogP contribution in [-0.4, -0.2) is 23.0 Å². The molecule has 0 N–H and O–H groups in total. The van der Waals surface area contributed by atoms with Crippen LogP contribution >= 0.6 is 11.9 Å². The van der Waals surface area contributed by atoms with E-state index in [0.717, 1.165) is 36.2 Å². The molecule has 0 amide bonds. The molecule has 4 rings (SSSR count). The predicted octanol–water partition coefficient (Wildman–Crippen LogP) is 5.86. The maximum atomic E-state index is 13.3. The Morgan fingerprint density at radius 1 is 1.04 bits per heavy atom. The van der Waals surface area contributed by atoms with E-state index in [1.807, 2.05) is 36.5 Å². The second-order valence-corrected chi connectivity index (χ2v) is 7.25. The zero-order valence-corrected chi connectivity index (χ0v) is 15.5. The van der Waals surface area contributed by atoms with Gasteiger partial charge in [0.25, 0.3) is 5.92 Å². The van der Waals surface area contributed by atoms with Gasteiger partial charge in [-0.05, 0) is 66.1 Å². The summed E-state index contributed by atoms with van der Waals surface area (Å²) in [6, 6.07) is 13.6. The SMILES string of the molecule is CC(F)(F)c1ccc(Oc2ccc(C3=CC=CN4CCSN=C34)cc2)cc1. The second-order valence-electron chi connectivity index (χ2n) is 6.40. The number of allylic oxidation sites excluding steroid dienone is 2. The Balaban J connectivity index is 1.50. The van der Waals surface area contributed by atoms with Gasteiger partial charge in [-0.1, -0.05) is 12.1 Å². The number of halogens is 2. The van der Waals surface area contributed by atoms with E-state index >= 15 is 0 Å². The van der Waals surface area contributed by atoms with E-state index in [4.69, 9.17) is 4.74 Å². The molecule has 2 aromatic rings. The van der Waals surface area contributed by atoms with Crippen LogP contribution in [0.1, 0.15) is 18.1 Å². The molecule has 27 heavy (non-hydrogen) atoms. The largest absolute Gasteiger partial charge is 0.457 e. The molecule has 0 atom stereocenters. The van der Waals surface area contributed by atoms with E-state index in [1.165, 1.54) is 12.1 Å². The Labute approximate surface area is 161 Å². The monoisotopic (exact) mass is 384 g/mol. The molecule has 0 aromatic heterocycles. The third-order valence-electron chi connectivity index (χ3n) is 4.38. The molecule has 0 fully saturated rings. The highest BCUT2D eigenvalue weighted by molar-refractivity contribution is 7.98. The van der Waals surface area contributed by atoms with Gasteiger partial charge in [-0.3, -0.25) is 0 Å². The highest BCUT2D eigenvalue weighted by atomic mass is 32.2. The number of hydrogen-bond donors (Lipinski definition) is 0. The van der Waals surface area contributed by atoms with Crippen molar-refractivity contribution in [2.75, 3.05) is 12.3 Å². The Hall–Kier alpha value is -2.60. The molecule has 0 aliphatic carbocycles. The summed E-state index contributed by atoms with van der Waals surface area (Å²) >= 11 is 1.58. The lowest BCUT2D eigenvalue weighted by Crippen LogP contribution is -2.32. The van der Waals surface area contributed by atoms with Gasteiger partial charge in [0.15, 0.2) is 0 Å². The van der Waals surface area contributed by atoms with Crippen LogP contribution in [0.4, 0.5) is 8.78 Å². The molecule has 2 aliphatic rings. The maximum absolute atomic E-state index is 13.3. The molecule has 0 radical (unpaired) electrons. The average molecular weight is 384 g/mol. The van der Waals surface area contributed by atoms with E-state index in [9.17, 15) is 8.78 Å². The average Bonchev–Trinajstić information content (AvgIpc) is 2.68. The smallest absolute Gasteiger partial charge is 0.270 e. The minimum Gasteiger partial charge on any atom is -0.457 e. The topological polar surface area (TPSA) is 24.8 Å². The van der Waals surface area contributed by atoms with Crippen molar-refractivity contribution in [3.8, 4) is 11.5 Å². The lowest BCUT2D eigenvalue weighted by molar-refractivity contribution is 0.0174. The first kappa shape index (κ1) is 17.8. The summed E-state index contributed by atoms with van der Waals surface area (Å²) in [6.45, 7) is 1.83. The molecular weight excluding hydrogens is 366 g/mol. The van der Waals surface area contributed by atoms with Crippen LogP contribution in [0, 0.1) is 0 Å². The van der Waals surface area contributed by atoms with Crippen molar-refractivity contribution in [3.05, 3.63) is 78.0 Å². The summed E-state index contributed by atoms with van der Waals surface area (Å²) < 4.78 is 36.9. The second kappa shape index (κ2) is 7.19. The Kier molecular flexibility index (Phi) is 4.74. The van der Waals surface area contributed by atoms with Crippen molar-refractivity contribution < 1.29 is 13.5 Å². The number of rotatable bonds is 4. The molecule has 0 bridgehead atoms. The molecule has 0 saturated carbocycles. The van der Waals surface area contributed by atoms with Gasteiger partial charge in [0.1, 0.15) is 17.3 Å². The van der Waals surface area contributed by atoms with Crippen LogP contribution in [0.25, 0.3) is 5.57 Å². The molecule has 0 unspecified atom stereocenters. The van der Waals surface area contributed by atoms with Gasteiger partial charge in [0.05, 0.1) is 0 Å². The number of fused-ring (bicyclic) bond motifs is 1. The minimum absolute atomic E-state index is 0.0295. The Morgan fingerprint density at radius 3 is 2.37 bits per heavy atom. The van der Waals surface area contributed by atoms with Crippen LogP contribution in [0.3, 0.4) is 0 Å². The van der Waals surface area contributed by atoms with Gasteiger partial charge >= 0.3 is 0 Å². The number of hydrogen-bond acceptors (Lipinski definition) is 4. The van der Waals surface area contributed by atoms with E-state index in [-0.39, 0.29) is 5.56 Å². The summed E-state index contributed by atoms with van der Waals surface area (Å²) in [4.78, 5) is 2.15. The van der Waals surface area contributed by atoms with Crippen LogP contribution in [0.2, 0.25) is 0 Å². The molecule has 6 heteroatoms. The predicted molar refractivity (Wildman–Crippen MR) is 106 cm³/mol. The molecule has 2 heterocycles. The summed E-state index contributed by atoms with van der Waals surface area (Å²) in [5.74, 6) is 0.277. The van der Waals surface area contributed by atoms with Gasteiger partial charge < -0.3 is 9.64 Å². The van der Waals surface area contributed by atoms with Crippen LogP contribution < -0.4 is 4.74 Å². The molecular formula is C21H18F2N2OS. The molecule has 2 aromatic carbocycles. The summed E-state index contributed by atoms with van der Waals surface area (Å²) in [6.07, 6.45) is 6.13. The number of alkyl halides is 2. The standard InChI is InChI=1S/C21H18F2N2OS/c1-21(22,23)16-6-10-18(11-7-16)26-17-8-4-15(5-9-17)19-3-2-12-25-13-14-27-24-20(19)25/h2-12H,13-14H2,1H3. The first-order valence-corrected chi connectivity index (χ1v) is 9.57. The molecule has 2 aliphatic heterocycles. The van der Waals surface area contributed by atoms with E-state index in [1.54, 1.807) is 24.1 Å². The van der Waals surface area contributed by atoms with Gasteiger partial charge in [0.2, 0.25) is 0 Å². The zero-order chi connectivity index (χ0) is 18.9. The van der Waals surface area contributed by atoms with Gasteiger partial charge in [-0.15, -0.1) is 0 Å². The van der Waals surface area contributed by atoms with E-state index in [0.29, 0.717) is 11.5 Å². The Morgan fingerprint density at radius 2 is 1.70 bits per heavy atom. The van der Waals surface area contributed by atoms with Gasteiger partial charge in [0, 0.05) is 36.6 Å². The lowest BCUT2D eigenvalue weighted by atomic mass is 10.0. The van der Waals surface area contributed by atoms with Crippen LogP contribution in [-0.2, 0) is 5.92 Å². The highest BCUT2D eigenvalue weighted by Crippen LogP contribution is 2.31. The van der Waals surface area contributed by atoms with E-state index in [2.05, 4.69) is 15.4 Å². The Bertz CT molecular complexity index is 913. The third-order valence-corrected chi connectivity index (χ3v) is 5.05. The van der Waals surface area contributed by atoms with Crippen molar-refractivity contribution in [3.63, 3.8) is 0 Å². The quantitative estimate of drug-likeness (QED) is 0.617. The van der Waals surface area contributed by atoms with E-state index < -0.39 is 5.92 Å². The van der Waals surface area contributed by atoms with Crippen molar-refractivity contribution in [2.45, 2.75) is 12.8 Å². The number of amidine groups is 1. The minimum atomic E-state index is -2.85. The van der Waals surface area contributed by atoms with Gasteiger partial charge in [-0.25, -0.2) is 8.78 Å². The first-order chi connectivity index (χ1) is 13.0. The number of benzene rings is 2. The van der Waals surface area contributed by atoms with Crippen molar-refractivity contribution in [2.24, 2.45) is 4.40 Å². The fraction of sp³-hybridized carbons (Fsp3) is 0.190. The summed E-state index contributed by atoms with van der Waals surface area (Å²) in [7, 11) is 0. The van der Waals surface area contributed by atoms with Crippen molar-refractivity contribution in [1.82, 2.24) is 4.90 Å². The summed E-state index contributed by atoms with van der Waals surface area (Å²) in [5.41, 5.74) is 2.10. The van der Waals surface area contributed by atoms with Crippen LogP contribution in [0.15, 0.2) is 71.3 Å². The maximum Gasteiger partial charge on any atom is 0.270 e. The number of ether oxygens (including phenoxy) is 1. The third kappa shape index (κ3) is 3.90. The fourth-order valence-electron chi connectivity index (χ4n) is 2.95. The van der Waals surface area contributed by atoms with Crippen molar-refractivity contribution >= 4 is 23.4 Å². The molecule has 0 spiro atoms. The molecule has 138 valence electrons.